The van der Waals surface area contributed by atoms with Gasteiger partial charge in [-0.25, -0.2) is 4.98 Å². The van der Waals surface area contributed by atoms with Crippen molar-refractivity contribution in [2.75, 3.05) is 6.54 Å². The molecule has 1 aromatic heterocycles. The predicted molar refractivity (Wildman–Crippen MR) is 252 cm³/mol. The molecule has 1 unspecified atom stereocenters. The van der Waals surface area contributed by atoms with Crippen LogP contribution in [-0.2, 0) is 11.8 Å². The molecular weight excluding hydrogens is 713 g/mol. The van der Waals surface area contributed by atoms with Crippen molar-refractivity contribution in [3.05, 3.63) is 179 Å². The first-order valence-corrected chi connectivity index (χ1v) is 22.0. The molecule has 1 N–H and O–H groups in total. The number of benzene rings is 6. The van der Waals surface area contributed by atoms with Crippen LogP contribution in [0.3, 0.4) is 0 Å². The molecule has 0 saturated carbocycles. The molecule has 3 aliphatic rings. The van der Waals surface area contributed by atoms with Gasteiger partial charge in [-0.1, -0.05) is 149 Å². The first-order chi connectivity index (χ1) is 28.9. The maximum atomic E-state index is 5.48. The molecule has 1 aliphatic heterocycles. The van der Waals surface area contributed by atoms with E-state index in [2.05, 4.69) is 173 Å². The number of allylic oxidation sites excluding steroid dienone is 3. The topological polar surface area (TPSA) is 24.9 Å². The lowest BCUT2D eigenvalue weighted by atomic mass is 9.63. The molecule has 10 rings (SSSR count). The highest BCUT2D eigenvalue weighted by atomic mass is 14.9. The number of pyridine rings is 1. The number of hydrogen-bond acceptors (Lipinski definition) is 2. The van der Waals surface area contributed by atoms with E-state index >= 15 is 0 Å². The quantitative estimate of drug-likeness (QED) is 0.148. The fourth-order valence-corrected chi connectivity index (χ4v) is 11.2. The van der Waals surface area contributed by atoms with Crippen LogP contribution in [0.5, 0.6) is 0 Å². The summed E-state index contributed by atoms with van der Waals surface area (Å²) in [7, 11) is 0. The lowest BCUT2D eigenvalue weighted by Crippen LogP contribution is -2.34. The van der Waals surface area contributed by atoms with E-state index in [0.29, 0.717) is 5.92 Å². The van der Waals surface area contributed by atoms with E-state index in [1.54, 1.807) is 5.57 Å². The summed E-state index contributed by atoms with van der Waals surface area (Å²) < 4.78 is 0. The molecule has 59 heavy (non-hydrogen) atoms. The Morgan fingerprint density at radius 3 is 2.39 bits per heavy atom. The summed E-state index contributed by atoms with van der Waals surface area (Å²) in [4.78, 5) is 5.48. The summed E-state index contributed by atoms with van der Waals surface area (Å²) in [6.07, 6.45) is 12.6. The van der Waals surface area contributed by atoms with Gasteiger partial charge < -0.3 is 5.32 Å². The maximum absolute atomic E-state index is 5.48. The molecular formula is C57H54N2. The van der Waals surface area contributed by atoms with Crippen LogP contribution in [0.1, 0.15) is 105 Å². The second kappa shape index (κ2) is 15.0. The van der Waals surface area contributed by atoms with E-state index in [9.17, 15) is 0 Å². The van der Waals surface area contributed by atoms with Crippen molar-refractivity contribution in [2.24, 2.45) is 5.92 Å². The Hall–Kier alpha value is -5.99. The SMILES string of the molecule is C=C(C)c1c(/C=C\C)c2cc(-c3cccc4c3-c3ccc(-c5ccc6c(n5)C5=C(CCCN5)CC6)cc3C4(c3ccccc3)[C@H](C)CCCC)ccc2c2ccccc12. The third-order valence-electron chi connectivity index (χ3n) is 13.8. The standard InChI is InChI=1S/C57H54N2/c1-6-8-17-37(5)57(42-19-10-9-11-20-42)50-24-14-23-43(40-27-30-45-44-21-12-13-22-47(44)53(36(3)4)46(16-7-2)49(45)34-40)54(50)48-31-28-41(35-51(48)57)52-32-29-39-26-25-38-18-15-33-58-55(38)56(39)59-52/h7,9-14,16,19-24,27-32,34-35,37,58H,3,6,8,15,17-18,25-26,33H2,1-2,4-5H3/b16-7-/t37-,57?/m1/s1. The van der Waals surface area contributed by atoms with Gasteiger partial charge in [-0.05, 0) is 158 Å². The van der Waals surface area contributed by atoms with Gasteiger partial charge in [-0.2, -0.15) is 0 Å². The molecule has 6 aromatic carbocycles. The number of nitrogens with zero attached hydrogens (tertiary/aromatic N) is 1. The van der Waals surface area contributed by atoms with Crippen LogP contribution in [0, 0.1) is 5.92 Å². The number of rotatable bonds is 9. The van der Waals surface area contributed by atoms with Crippen molar-refractivity contribution >= 4 is 38.9 Å². The summed E-state index contributed by atoms with van der Waals surface area (Å²) in [6.45, 7) is 14.6. The van der Waals surface area contributed by atoms with Gasteiger partial charge in [0.25, 0.3) is 0 Å². The fourth-order valence-electron chi connectivity index (χ4n) is 11.2. The minimum Gasteiger partial charge on any atom is -0.383 e. The summed E-state index contributed by atoms with van der Waals surface area (Å²) >= 11 is 0. The van der Waals surface area contributed by atoms with Gasteiger partial charge in [0.2, 0.25) is 0 Å². The van der Waals surface area contributed by atoms with E-state index in [-0.39, 0.29) is 5.41 Å². The fraction of sp³-hybridized carbons (Fsp3) is 0.246. The molecule has 0 saturated heterocycles. The molecule has 0 bridgehead atoms. The van der Waals surface area contributed by atoms with Crippen molar-refractivity contribution in [3.63, 3.8) is 0 Å². The molecule has 2 aliphatic carbocycles. The third-order valence-corrected chi connectivity index (χ3v) is 13.8. The zero-order valence-electron chi connectivity index (χ0n) is 35.1. The normalized spacial score (nSPS) is 17.4. The molecule has 2 heteroatoms. The van der Waals surface area contributed by atoms with Gasteiger partial charge in [0.1, 0.15) is 0 Å². The Labute approximate surface area is 350 Å². The van der Waals surface area contributed by atoms with E-state index in [4.69, 9.17) is 4.98 Å². The molecule has 7 aromatic rings. The van der Waals surface area contributed by atoms with Crippen LogP contribution in [0.2, 0.25) is 0 Å². The van der Waals surface area contributed by atoms with E-state index in [1.165, 1.54) is 114 Å². The van der Waals surface area contributed by atoms with E-state index in [0.717, 1.165) is 42.8 Å². The number of aromatic nitrogens is 1. The third kappa shape index (κ3) is 5.86. The Kier molecular flexibility index (Phi) is 9.48. The summed E-state index contributed by atoms with van der Waals surface area (Å²) in [5.74, 6) is 0.355. The smallest absolute Gasteiger partial charge is 0.0900 e. The largest absolute Gasteiger partial charge is 0.383 e. The second-order valence-electron chi connectivity index (χ2n) is 17.3. The summed E-state index contributed by atoms with van der Waals surface area (Å²) in [5, 5.41) is 8.81. The summed E-state index contributed by atoms with van der Waals surface area (Å²) in [6, 6.07) is 46.4. The molecule has 0 amide bonds. The van der Waals surface area contributed by atoms with Crippen molar-refractivity contribution in [3.8, 4) is 33.5 Å². The molecule has 2 nitrogen and oxygen atoms in total. The Bertz CT molecular complexity index is 2870. The molecule has 0 radical (unpaired) electrons. The maximum Gasteiger partial charge on any atom is 0.0900 e. The molecule has 2 atom stereocenters. The molecule has 292 valence electrons. The van der Waals surface area contributed by atoms with Gasteiger partial charge in [0, 0.05) is 17.5 Å². The Balaban J connectivity index is 1.23. The van der Waals surface area contributed by atoms with Crippen LogP contribution in [0.25, 0.3) is 72.4 Å². The van der Waals surface area contributed by atoms with Crippen LogP contribution >= 0.6 is 0 Å². The van der Waals surface area contributed by atoms with Crippen LogP contribution in [0.4, 0.5) is 0 Å². The summed E-state index contributed by atoms with van der Waals surface area (Å²) in [5.41, 5.74) is 20.2. The van der Waals surface area contributed by atoms with Gasteiger partial charge in [-0.15, -0.1) is 0 Å². The van der Waals surface area contributed by atoms with E-state index in [1.807, 2.05) is 0 Å². The van der Waals surface area contributed by atoms with Crippen molar-refractivity contribution in [2.45, 2.75) is 78.1 Å². The van der Waals surface area contributed by atoms with Crippen molar-refractivity contribution < 1.29 is 0 Å². The highest BCUT2D eigenvalue weighted by Crippen LogP contribution is 2.60. The number of nitrogens with one attached hydrogen (secondary N) is 1. The lowest BCUT2D eigenvalue weighted by Gasteiger charge is -2.39. The second-order valence-corrected chi connectivity index (χ2v) is 17.3. The minimum absolute atomic E-state index is 0.335. The first kappa shape index (κ1) is 37.3. The molecule has 0 fully saturated rings. The van der Waals surface area contributed by atoms with Crippen molar-refractivity contribution in [1.29, 1.82) is 0 Å². The van der Waals surface area contributed by atoms with E-state index < -0.39 is 0 Å². The number of hydrogen-bond donors (Lipinski definition) is 1. The number of fused-ring (bicyclic) bond motifs is 8. The van der Waals surface area contributed by atoms with Gasteiger partial charge >= 0.3 is 0 Å². The van der Waals surface area contributed by atoms with Crippen LogP contribution in [-0.4, -0.2) is 11.5 Å². The lowest BCUT2D eigenvalue weighted by molar-refractivity contribution is 0.374. The Morgan fingerprint density at radius 1 is 0.780 bits per heavy atom. The van der Waals surface area contributed by atoms with Crippen LogP contribution in [0.15, 0.2) is 140 Å². The van der Waals surface area contributed by atoms with Gasteiger partial charge in [-0.3, -0.25) is 0 Å². The highest BCUT2D eigenvalue weighted by molar-refractivity contribution is 6.16. The van der Waals surface area contributed by atoms with Gasteiger partial charge in [0.15, 0.2) is 0 Å². The minimum atomic E-state index is -0.335. The number of unbranched alkanes of at least 4 members (excludes halogenated alkanes) is 1. The predicted octanol–water partition coefficient (Wildman–Crippen LogP) is 15.0. The van der Waals surface area contributed by atoms with Crippen molar-refractivity contribution in [1.82, 2.24) is 10.3 Å². The van der Waals surface area contributed by atoms with Crippen LogP contribution < -0.4 is 5.32 Å². The van der Waals surface area contributed by atoms with Gasteiger partial charge in [0.05, 0.1) is 17.1 Å². The molecule has 2 heterocycles. The Morgan fingerprint density at radius 2 is 1.58 bits per heavy atom. The average Bonchev–Trinajstić information content (AvgIpc) is 3.58. The first-order valence-electron chi connectivity index (χ1n) is 22.0. The zero-order valence-corrected chi connectivity index (χ0v) is 35.1. The molecule has 0 spiro atoms. The average molecular weight is 767 g/mol. The zero-order chi connectivity index (χ0) is 40.3. The highest BCUT2D eigenvalue weighted by Gasteiger charge is 2.49. The monoisotopic (exact) mass is 766 g/mol. The number of aryl methyl sites for hydroxylation is 1.